The molecule has 0 fully saturated rings. The summed E-state index contributed by atoms with van der Waals surface area (Å²) in [5, 5.41) is 5.47. The van der Waals surface area contributed by atoms with Crippen LogP contribution in [0.4, 0.5) is 5.69 Å². The number of carbonyl (C=O) groups is 4. The van der Waals surface area contributed by atoms with Crippen LogP contribution >= 0.6 is 0 Å². The van der Waals surface area contributed by atoms with E-state index in [2.05, 4.69) is 10.6 Å². The summed E-state index contributed by atoms with van der Waals surface area (Å²) in [5.41, 5.74) is 2.27. The fourth-order valence-electron chi connectivity index (χ4n) is 2.76. The second-order valence-electron chi connectivity index (χ2n) is 7.11. The van der Waals surface area contributed by atoms with Gasteiger partial charge in [0.25, 0.3) is 11.8 Å². The van der Waals surface area contributed by atoms with Crippen LogP contribution in [0.15, 0.2) is 35.9 Å². The third-order valence-electron chi connectivity index (χ3n) is 4.50. The van der Waals surface area contributed by atoms with Gasteiger partial charge in [-0.05, 0) is 26.0 Å². The smallest absolute Gasteiger partial charge is 0.256 e. The highest BCUT2D eigenvalue weighted by Gasteiger charge is 2.28. The van der Waals surface area contributed by atoms with Crippen LogP contribution < -0.4 is 10.6 Å². The molecule has 168 valence electrons. The van der Waals surface area contributed by atoms with Gasteiger partial charge in [0.1, 0.15) is 0 Å². The van der Waals surface area contributed by atoms with E-state index in [9.17, 15) is 19.2 Å². The van der Waals surface area contributed by atoms with E-state index in [1.807, 2.05) is 31.2 Å². The largest absolute Gasteiger partial charge is 0.379 e. The zero-order chi connectivity index (χ0) is 22.6. The summed E-state index contributed by atoms with van der Waals surface area (Å²) in [7, 11) is 0. The summed E-state index contributed by atoms with van der Waals surface area (Å²) >= 11 is 0. The summed E-state index contributed by atoms with van der Waals surface area (Å²) in [6.07, 6.45) is 1.57. The fourth-order valence-corrected chi connectivity index (χ4v) is 2.76. The van der Waals surface area contributed by atoms with E-state index in [4.69, 9.17) is 9.47 Å². The third-order valence-corrected chi connectivity index (χ3v) is 4.50. The Bertz CT molecular complexity index is 819. The van der Waals surface area contributed by atoms with Gasteiger partial charge in [-0.3, -0.25) is 24.1 Å². The molecule has 0 aliphatic carbocycles. The number of hydrogen-bond acceptors (Lipinski definition) is 6. The molecular formula is C22H29N3O6. The van der Waals surface area contributed by atoms with Gasteiger partial charge in [0.05, 0.1) is 32.8 Å². The molecule has 0 spiro atoms. The molecule has 0 unspecified atom stereocenters. The molecule has 9 nitrogen and oxygen atoms in total. The van der Waals surface area contributed by atoms with Crippen LogP contribution in [0.5, 0.6) is 0 Å². The number of nitrogens with one attached hydrogen (secondary N) is 2. The lowest BCUT2D eigenvalue weighted by Crippen LogP contribution is -2.36. The zero-order valence-electron chi connectivity index (χ0n) is 17.9. The maximum absolute atomic E-state index is 11.8. The molecule has 0 saturated carbocycles. The Hall–Kier alpha value is -3.04. The van der Waals surface area contributed by atoms with Gasteiger partial charge >= 0.3 is 0 Å². The van der Waals surface area contributed by atoms with Crippen LogP contribution in [0.1, 0.15) is 25.3 Å². The minimum Gasteiger partial charge on any atom is -0.379 e. The highest BCUT2D eigenvalue weighted by molar-refractivity contribution is 6.16. The molecule has 2 rings (SSSR count). The number of anilines is 1. The van der Waals surface area contributed by atoms with Gasteiger partial charge in [-0.2, -0.15) is 0 Å². The Balaban J connectivity index is 1.42. The minimum atomic E-state index is -0.383. The molecule has 0 atom stereocenters. The van der Waals surface area contributed by atoms with E-state index in [1.54, 1.807) is 6.92 Å². The van der Waals surface area contributed by atoms with Gasteiger partial charge < -0.3 is 20.1 Å². The van der Waals surface area contributed by atoms with Crippen LogP contribution in [-0.4, -0.2) is 68.0 Å². The first-order valence-electron chi connectivity index (χ1n) is 10.2. The summed E-state index contributed by atoms with van der Waals surface area (Å²) in [5.74, 6) is -1.11. The van der Waals surface area contributed by atoms with Gasteiger partial charge in [-0.15, -0.1) is 0 Å². The lowest BCUT2D eigenvalue weighted by molar-refractivity contribution is -0.137. The van der Waals surface area contributed by atoms with E-state index in [0.29, 0.717) is 38.5 Å². The van der Waals surface area contributed by atoms with Gasteiger partial charge in [0.15, 0.2) is 0 Å². The minimum absolute atomic E-state index is 0.0480. The second kappa shape index (κ2) is 12.6. The predicted molar refractivity (Wildman–Crippen MR) is 114 cm³/mol. The third kappa shape index (κ3) is 8.69. The topological polar surface area (TPSA) is 114 Å². The van der Waals surface area contributed by atoms with Crippen molar-refractivity contribution in [3.63, 3.8) is 0 Å². The van der Waals surface area contributed by atoms with E-state index in [-0.39, 0.29) is 43.0 Å². The molecule has 0 radical (unpaired) electrons. The number of benzene rings is 1. The van der Waals surface area contributed by atoms with E-state index in [1.165, 1.54) is 6.08 Å². The van der Waals surface area contributed by atoms with Crippen molar-refractivity contribution in [3.05, 3.63) is 41.5 Å². The second-order valence-corrected chi connectivity index (χ2v) is 7.11. The molecule has 9 heteroatoms. The highest BCUT2D eigenvalue weighted by Crippen LogP contribution is 2.12. The maximum atomic E-state index is 11.8. The monoisotopic (exact) mass is 431 g/mol. The van der Waals surface area contributed by atoms with Crippen molar-refractivity contribution in [2.75, 3.05) is 44.8 Å². The van der Waals surface area contributed by atoms with Gasteiger partial charge in [-0.25, -0.2) is 0 Å². The van der Waals surface area contributed by atoms with Gasteiger partial charge in [0.2, 0.25) is 11.8 Å². The SMILES string of the molecule is CC1=CC(=O)N(CCC(=O)NCCOCCOCCC(=O)Nc2ccc(C)cc2)C1=O. The van der Waals surface area contributed by atoms with E-state index < -0.39 is 0 Å². The Morgan fingerprint density at radius 3 is 2.23 bits per heavy atom. The van der Waals surface area contributed by atoms with Crippen LogP contribution in [0.2, 0.25) is 0 Å². The zero-order valence-corrected chi connectivity index (χ0v) is 17.9. The Morgan fingerprint density at radius 1 is 0.903 bits per heavy atom. The number of hydrogen-bond donors (Lipinski definition) is 2. The summed E-state index contributed by atoms with van der Waals surface area (Å²) in [6.45, 7) is 5.22. The van der Waals surface area contributed by atoms with Crippen molar-refractivity contribution >= 4 is 29.3 Å². The summed E-state index contributed by atoms with van der Waals surface area (Å²) in [6, 6.07) is 7.56. The van der Waals surface area contributed by atoms with Crippen LogP contribution in [0.3, 0.4) is 0 Å². The Morgan fingerprint density at radius 2 is 1.58 bits per heavy atom. The molecule has 4 amide bonds. The van der Waals surface area contributed by atoms with Crippen LogP contribution in [0.25, 0.3) is 0 Å². The number of carbonyl (C=O) groups excluding carboxylic acids is 4. The average molecular weight is 431 g/mol. The first-order valence-corrected chi connectivity index (χ1v) is 10.2. The Labute approximate surface area is 181 Å². The molecule has 1 aliphatic heterocycles. The van der Waals surface area contributed by atoms with E-state index in [0.717, 1.165) is 16.2 Å². The molecule has 2 N–H and O–H groups in total. The Kier molecular flexibility index (Phi) is 9.86. The summed E-state index contributed by atoms with van der Waals surface area (Å²) < 4.78 is 10.7. The molecule has 1 heterocycles. The first-order chi connectivity index (χ1) is 14.9. The quantitative estimate of drug-likeness (QED) is 0.358. The van der Waals surface area contributed by atoms with Crippen molar-refractivity contribution in [2.45, 2.75) is 26.7 Å². The van der Waals surface area contributed by atoms with Gasteiger partial charge in [-0.1, -0.05) is 17.7 Å². The highest BCUT2D eigenvalue weighted by atomic mass is 16.5. The molecule has 0 saturated heterocycles. The van der Waals surface area contributed by atoms with Crippen molar-refractivity contribution < 1.29 is 28.7 Å². The maximum Gasteiger partial charge on any atom is 0.256 e. The number of rotatable bonds is 13. The molecule has 31 heavy (non-hydrogen) atoms. The van der Waals surface area contributed by atoms with Crippen molar-refractivity contribution in [3.8, 4) is 0 Å². The van der Waals surface area contributed by atoms with Crippen LogP contribution in [-0.2, 0) is 28.7 Å². The van der Waals surface area contributed by atoms with Crippen molar-refractivity contribution in [1.29, 1.82) is 0 Å². The van der Waals surface area contributed by atoms with E-state index >= 15 is 0 Å². The van der Waals surface area contributed by atoms with Crippen molar-refractivity contribution in [2.24, 2.45) is 0 Å². The average Bonchev–Trinajstić information content (AvgIpc) is 2.98. The van der Waals surface area contributed by atoms with Gasteiger partial charge in [0, 0.05) is 36.8 Å². The first kappa shape index (κ1) is 24.2. The molecule has 1 aromatic rings. The molecule has 0 bridgehead atoms. The lowest BCUT2D eigenvalue weighted by Gasteiger charge is -2.14. The number of imide groups is 1. The molecule has 1 aliphatic rings. The number of nitrogens with zero attached hydrogens (tertiary/aromatic N) is 1. The number of amides is 4. The number of ether oxygens (including phenoxy) is 2. The standard InChI is InChI=1S/C22H29N3O6/c1-16-3-5-18(6-4-16)24-20(27)8-11-30-13-14-31-12-9-23-19(26)7-10-25-21(28)15-17(2)22(25)29/h3-6,15H,7-14H2,1-2H3,(H,23,26)(H,24,27). The van der Waals surface area contributed by atoms with Crippen molar-refractivity contribution in [1.82, 2.24) is 10.2 Å². The lowest BCUT2D eigenvalue weighted by atomic mass is 10.2. The fraction of sp³-hybridized carbons (Fsp3) is 0.455. The summed E-state index contributed by atoms with van der Waals surface area (Å²) in [4.78, 5) is 48.0. The van der Waals surface area contributed by atoms with Crippen LogP contribution in [0, 0.1) is 6.92 Å². The molecule has 0 aromatic heterocycles. The number of aryl methyl sites for hydroxylation is 1. The normalized spacial score (nSPS) is 13.4. The molecule has 1 aromatic carbocycles. The molecular weight excluding hydrogens is 402 g/mol. The predicted octanol–water partition coefficient (Wildman–Crippen LogP) is 1.18.